The lowest BCUT2D eigenvalue weighted by atomic mass is 10.2. The molecule has 0 saturated carbocycles. The first-order chi connectivity index (χ1) is 8.31. The van der Waals surface area contributed by atoms with Crippen LogP contribution in [0.5, 0.6) is 5.75 Å². The molecule has 1 unspecified atom stereocenters. The monoisotopic (exact) mass is 254 g/mol. The average Bonchev–Trinajstić information content (AvgIpc) is 2.79. The number of nitrogens with two attached hydrogens (primary N) is 1. The predicted octanol–water partition coefficient (Wildman–Crippen LogP) is 2.14. The van der Waals surface area contributed by atoms with E-state index in [1.807, 2.05) is 24.3 Å². The fourth-order valence-corrected chi connectivity index (χ4v) is 2.48. The third-order valence-electron chi connectivity index (χ3n) is 3.24. The maximum atomic E-state index is 6.02. The summed E-state index contributed by atoms with van der Waals surface area (Å²) in [5.74, 6) is 0.762. The van der Waals surface area contributed by atoms with Gasteiger partial charge in [0.2, 0.25) is 0 Å². The molecule has 3 nitrogen and oxygen atoms in total. The zero-order valence-corrected chi connectivity index (χ0v) is 10.7. The SMILES string of the molecule is NCC1CCCN1CCOc1ccccc1Cl. The molecule has 1 aromatic rings. The Hall–Kier alpha value is -0.770. The number of halogens is 1. The van der Waals surface area contributed by atoms with Crippen LogP contribution >= 0.6 is 11.6 Å². The van der Waals surface area contributed by atoms with Crippen LogP contribution in [0.15, 0.2) is 24.3 Å². The summed E-state index contributed by atoms with van der Waals surface area (Å²) in [4.78, 5) is 2.40. The summed E-state index contributed by atoms with van der Waals surface area (Å²) in [6.07, 6.45) is 2.45. The molecule has 0 bridgehead atoms. The third-order valence-corrected chi connectivity index (χ3v) is 3.56. The second kappa shape index (κ2) is 6.24. The van der Waals surface area contributed by atoms with Crippen molar-refractivity contribution in [2.45, 2.75) is 18.9 Å². The van der Waals surface area contributed by atoms with Crippen LogP contribution in [-0.4, -0.2) is 37.2 Å². The van der Waals surface area contributed by atoms with E-state index in [2.05, 4.69) is 4.90 Å². The average molecular weight is 255 g/mol. The molecule has 2 N–H and O–H groups in total. The number of likely N-dealkylation sites (tertiary alicyclic amines) is 1. The molecular weight excluding hydrogens is 236 g/mol. The van der Waals surface area contributed by atoms with Gasteiger partial charge in [-0.2, -0.15) is 0 Å². The molecule has 94 valence electrons. The van der Waals surface area contributed by atoms with E-state index in [4.69, 9.17) is 22.1 Å². The highest BCUT2D eigenvalue weighted by Gasteiger charge is 2.22. The number of ether oxygens (including phenoxy) is 1. The number of nitrogens with zero attached hydrogens (tertiary/aromatic N) is 1. The molecule has 0 aliphatic carbocycles. The van der Waals surface area contributed by atoms with Gasteiger partial charge >= 0.3 is 0 Å². The van der Waals surface area contributed by atoms with Crippen LogP contribution < -0.4 is 10.5 Å². The zero-order valence-electron chi connectivity index (χ0n) is 9.94. The lowest BCUT2D eigenvalue weighted by molar-refractivity contribution is 0.199. The Morgan fingerprint density at radius 1 is 1.41 bits per heavy atom. The van der Waals surface area contributed by atoms with Crippen molar-refractivity contribution >= 4 is 11.6 Å². The summed E-state index contributed by atoms with van der Waals surface area (Å²) >= 11 is 6.02. The lowest BCUT2D eigenvalue weighted by Crippen LogP contribution is -2.37. The van der Waals surface area contributed by atoms with Crippen LogP contribution in [0.3, 0.4) is 0 Å². The summed E-state index contributed by atoms with van der Waals surface area (Å²) in [5, 5.41) is 0.671. The van der Waals surface area contributed by atoms with E-state index < -0.39 is 0 Å². The number of benzene rings is 1. The molecule has 1 aromatic carbocycles. The number of hydrogen-bond donors (Lipinski definition) is 1. The molecule has 0 aromatic heterocycles. The molecule has 0 amide bonds. The summed E-state index contributed by atoms with van der Waals surface area (Å²) in [5.41, 5.74) is 5.73. The van der Waals surface area contributed by atoms with Gasteiger partial charge in [-0.3, -0.25) is 4.90 Å². The highest BCUT2D eigenvalue weighted by molar-refractivity contribution is 6.32. The van der Waals surface area contributed by atoms with Crippen LogP contribution in [0.2, 0.25) is 5.02 Å². The van der Waals surface area contributed by atoms with Gasteiger partial charge < -0.3 is 10.5 Å². The van der Waals surface area contributed by atoms with Gasteiger partial charge in [-0.25, -0.2) is 0 Å². The van der Waals surface area contributed by atoms with Gasteiger partial charge in [-0.15, -0.1) is 0 Å². The van der Waals surface area contributed by atoms with Gasteiger partial charge in [-0.05, 0) is 31.5 Å². The fraction of sp³-hybridized carbons (Fsp3) is 0.538. The largest absolute Gasteiger partial charge is 0.491 e. The van der Waals surface area contributed by atoms with Crippen molar-refractivity contribution in [3.63, 3.8) is 0 Å². The van der Waals surface area contributed by atoms with Gasteiger partial charge in [0, 0.05) is 19.1 Å². The second-order valence-electron chi connectivity index (χ2n) is 4.35. The van der Waals surface area contributed by atoms with Crippen molar-refractivity contribution < 1.29 is 4.74 Å². The molecule has 1 heterocycles. The minimum Gasteiger partial charge on any atom is -0.491 e. The molecule has 17 heavy (non-hydrogen) atoms. The van der Waals surface area contributed by atoms with Crippen molar-refractivity contribution in [3.05, 3.63) is 29.3 Å². The highest BCUT2D eigenvalue weighted by atomic mass is 35.5. The second-order valence-corrected chi connectivity index (χ2v) is 4.75. The molecule has 1 aliphatic heterocycles. The molecule has 2 rings (SSSR count). The normalized spacial score (nSPS) is 20.7. The maximum absolute atomic E-state index is 6.02. The minimum absolute atomic E-state index is 0.532. The summed E-state index contributed by atoms with van der Waals surface area (Å²) < 4.78 is 5.68. The molecule has 4 heteroatoms. The highest BCUT2D eigenvalue weighted by Crippen LogP contribution is 2.23. The van der Waals surface area contributed by atoms with E-state index in [0.29, 0.717) is 17.7 Å². The predicted molar refractivity (Wildman–Crippen MR) is 70.6 cm³/mol. The molecular formula is C13H19ClN2O. The maximum Gasteiger partial charge on any atom is 0.137 e. The van der Waals surface area contributed by atoms with Crippen LogP contribution in [-0.2, 0) is 0 Å². The quantitative estimate of drug-likeness (QED) is 0.875. The molecule has 1 aliphatic rings. The molecule has 0 radical (unpaired) electrons. The van der Waals surface area contributed by atoms with Gasteiger partial charge in [0.1, 0.15) is 12.4 Å². The minimum atomic E-state index is 0.532. The zero-order chi connectivity index (χ0) is 12.1. The van der Waals surface area contributed by atoms with Crippen LogP contribution in [0.25, 0.3) is 0 Å². The third kappa shape index (κ3) is 3.35. The number of rotatable bonds is 5. The molecule has 1 atom stereocenters. The summed E-state index contributed by atoms with van der Waals surface area (Å²) in [6.45, 7) is 3.47. The first-order valence-electron chi connectivity index (χ1n) is 6.12. The van der Waals surface area contributed by atoms with E-state index in [0.717, 1.165) is 25.4 Å². The van der Waals surface area contributed by atoms with E-state index in [1.54, 1.807) is 0 Å². The van der Waals surface area contributed by atoms with Crippen molar-refractivity contribution in [2.24, 2.45) is 5.73 Å². The first-order valence-corrected chi connectivity index (χ1v) is 6.50. The van der Waals surface area contributed by atoms with E-state index in [1.165, 1.54) is 12.8 Å². The Morgan fingerprint density at radius 2 is 2.24 bits per heavy atom. The van der Waals surface area contributed by atoms with Crippen LogP contribution in [0.1, 0.15) is 12.8 Å². The Morgan fingerprint density at radius 3 is 3.00 bits per heavy atom. The van der Waals surface area contributed by atoms with Crippen LogP contribution in [0.4, 0.5) is 0 Å². The first kappa shape index (κ1) is 12.7. The van der Waals surface area contributed by atoms with E-state index in [9.17, 15) is 0 Å². The van der Waals surface area contributed by atoms with Crippen LogP contribution in [0, 0.1) is 0 Å². The van der Waals surface area contributed by atoms with Crippen molar-refractivity contribution in [3.8, 4) is 5.75 Å². The lowest BCUT2D eigenvalue weighted by Gasteiger charge is -2.23. The van der Waals surface area contributed by atoms with Gasteiger partial charge in [0.15, 0.2) is 0 Å². The van der Waals surface area contributed by atoms with Crippen molar-refractivity contribution in [2.75, 3.05) is 26.2 Å². The Labute approximate surface area is 107 Å². The van der Waals surface area contributed by atoms with Gasteiger partial charge in [0.25, 0.3) is 0 Å². The molecule has 1 fully saturated rings. The van der Waals surface area contributed by atoms with E-state index >= 15 is 0 Å². The number of para-hydroxylation sites is 1. The smallest absolute Gasteiger partial charge is 0.137 e. The number of hydrogen-bond acceptors (Lipinski definition) is 3. The Bertz CT molecular complexity index is 359. The van der Waals surface area contributed by atoms with Gasteiger partial charge in [0.05, 0.1) is 5.02 Å². The summed E-state index contributed by atoms with van der Waals surface area (Å²) in [6, 6.07) is 8.10. The van der Waals surface area contributed by atoms with Crippen molar-refractivity contribution in [1.82, 2.24) is 4.90 Å². The standard InChI is InChI=1S/C13H19ClN2O/c14-12-5-1-2-6-13(12)17-9-8-16-7-3-4-11(16)10-15/h1-2,5-6,11H,3-4,7-10,15H2. The van der Waals surface area contributed by atoms with E-state index in [-0.39, 0.29) is 0 Å². The summed E-state index contributed by atoms with van der Waals surface area (Å²) in [7, 11) is 0. The Balaban J connectivity index is 1.78. The molecule has 1 saturated heterocycles. The topological polar surface area (TPSA) is 38.5 Å². The fourth-order valence-electron chi connectivity index (χ4n) is 2.29. The van der Waals surface area contributed by atoms with Gasteiger partial charge in [-0.1, -0.05) is 23.7 Å². The molecule has 0 spiro atoms. The Kier molecular flexibility index (Phi) is 4.66. The van der Waals surface area contributed by atoms with Crippen molar-refractivity contribution in [1.29, 1.82) is 0 Å².